The van der Waals surface area contributed by atoms with Crippen LogP contribution in [-0.4, -0.2) is 49.6 Å². The van der Waals surface area contributed by atoms with Gasteiger partial charge in [0.05, 0.1) is 24.5 Å². The van der Waals surface area contributed by atoms with E-state index < -0.39 is 18.0 Å². The monoisotopic (exact) mass is 371 g/mol. The van der Waals surface area contributed by atoms with Crippen LogP contribution in [0.5, 0.6) is 0 Å². The number of para-hydroxylation sites is 1. The van der Waals surface area contributed by atoms with Crippen LogP contribution in [0.25, 0.3) is 0 Å². The highest BCUT2D eigenvalue weighted by Gasteiger charge is 2.34. The number of hydrogen-bond acceptors (Lipinski definition) is 4. The summed E-state index contributed by atoms with van der Waals surface area (Å²) in [6.45, 7) is 0.683. The van der Waals surface area contributed by atoms with Crippen molar-refractivity contribution in [1.29, 1.82) is 0 Å². The summed E-state index contributed by atoms with van der Waals surface area (Å²) in [5, 5.41) is 9.11. The van der Waals surface area contributed by atoms with E-state index in [1.807, 2.05) is 30.3 Å². The zero-order valence-electron chi connectivity index (χ0n) is 14.4. The van der Waals surface area contributed by atoms with Crippen LogP contribution in [0.3, 0.4) is 0 Å². The number of ether oxygens (including phenoxy) is 1. The number of aliphatic hydroxyl groups excluding tert-OH is 1. The van der Waals surface area contributed by atoms with Crippen LogP contribution in [0, 0.1) is 5.82 Å². The second kappa shape index (κ2) is 6.88. The number of benzene rings is 2. The lowest BCUT2D eigenvalue weighted by atomic mass is 10.2. The largest absolute Gasteiger partial charge is 0.441 e. The predicted molar refractivity (Wildman–Crippen MR) is 97.6 cm³/mol. The molecule has 140 valence electrons. The SMILES string of the molecule is O=C1OC(CO)CN1c1ccc(N2CCN(c3ccccc3)C2=O)c(F)c1. The Bertz CT molecular complexity index is 877. The van der Waals surface area contributed by atoms with Gasteiger partial charge in [0.2, 0.25) is 0 Å². The van der Waals surface area contributed by atoms with Crippen molar-refractivity contribution < 1.29 is 23.8 Å². The summed E-state index contributed by atoms with van der Waals surface area (Å²) in [5.74, 6) is -0.601. The molecule has 3 amide bonds. The number of rotatable bonds is 4. The third-order valence-corrected chi connectivity index (χ3v) is 4.69. The van der Waals surface area contributed by atoms with E-state index in [9.17, 15) is 14.0 Å². The molecule has 0 bridgehead atoms. The van der Waals surface area contributed by atoms with Crippen LogP contribution in [0.15, 0.2) is 48.5 Å². The Balaban J connectivity index is 1.55. The zero-order valence-corrected chi connectivity index (χ0v) is 14.4. The van der Waals surface area contributed by atoms with E-state index in [-0.39, 0.29) is 24.9 Å². The smallest absolute Gasteiger partial charge is 0.414 e. The van der Waals surface area contributed by atoms with E-state index in [0.717, 1.165) is 5.69 Å². The highest BCUT2D eigenvalue weighted by molar-refractivity contribution is 6.06. The van der Waals surface area contributed by atoms with E-state index in [1.165, 1.54) is 21.9 Å². The highest BCUT2D eigenvalue weighted by atomic mass is 19.1. The Morgan fingerprint density at radius 3 is 2.41 bits per heavy atom. The molecule has 1 N–H and O–H groups in total. The first-order valence-corrected chi connectivity index (χ1v) is 8.61. The molecule has 1 unspecified atom stereocenters. The molecule has 0 aliphatic carbocycles. The molecule has 2 saturated heterocycles. The van der Waals surface area contributed by atoms with Crippen molar-refractivity contribution in [2.75, 3.05) is 40.9 Å². The summed E-state index contributed by atoms with van der Waals surface area (Å²) in [6, 6.07) is 13.2. The molecule has 27 heavy (non-hydrogen) atoms. The van der Waals surface area contributed by atoms with Crippen molar-refractivity contribution in [3.05, 3.63) is 54.3 Å². The predicted octanol–water partition coefficient (Wildman–Crippen LogP) is 2.59. The first kappa shape index (κ1) is 17.3. The second-order valence-electron chi connectivity index (χ2n) is 6.36. The van der Waals surface area contributed by atoms with Crippen molar-refractivity contribution in [3.63, 3.8) is 0 Å². The van der Waals surface area contributed by atoms with Crippen molar-refractivity contribution in [1.82, 2.24) is 0 Å². The van der Waals surface area contributed by atoms with Gasteiger partial charge >= 0.3 is 12.1 Å². The molecule has 2 fully saturated rings. The Labute approximate surface area is 155 Å². The van der Waals surface area contributed by atoms with E-state index in [2.05, 4.69) is 0 Å². The van der Waals surface area contributed by atoms with Crippen LogP contribution < -0.4 is 14.7 Å². The molecule has 0 radical (unpaired) electrons. The number of cyclic esters (lactones) is 1. The van der Waals surface area contributed by atoms with Gasteiger partial charge in [0.15, 0.2) is 0 Å². The maximum Gasteiger partial charge on any atom is 0.414 e. The molecule has 4 rings (SSSR count). The van der Waals surface area contributed by atoms with Crippen LogP contribution in [0.2, 0.25) is 0 Å². The number of nitrogens with zero attached hydrogens (tertiary/aromatic N) is 3. The third-order valence-electron chi connectivity index (χ3n) is 4.69. The van der Waals surface area contributed by atoms with Crippen molar-refractivity contribution in [2.45, 2.75) is 6.10 Å². The number of hydrogen-bond donors (Lipinski definition) is 1. The minimum atomic E-state index is -0.631. The molecule has 2 heterocycles. The molecule has 2 aliphatic rings. The van der Waals surface area contributed by atoms with Crippen LogP contribution in [-0.2, 0) is 4.74 Å². The third kappa shape index (κ3) is 3.08. The van der Waals surface area contributed by atoms with E-state index in [4.69, 9.17) is 9.84 Å². The maximum absolute atomic E-state index is 14.7. The number of urea groups is 1. The summed E-state index contributed by atoms with van der Waals surface area (Å²) in [5.41, 5.74) is 1.24. The standard InChI is InChI=1S/C19H18FN3O4/c20-16-10-14(23-11-15(12-24)27-19(23)26)6-7-17(16)22-9-8-21(18(22)25)13-4-2-1-3-5-13/h1-7,10,15,24H,8-9,11-12H2. The average Bonchev–Trinajstić information content (AvgIpc) is 3.25. The average molecular weight is 371 g/mol. The van der Waals surface area contributed by atoms with E-state index in [1.54, 1.807) is 11.0 Å². The molecule has 0 aromatic heterocycles. The number of aliphatic hydroxyl groups is 1. The Morgan fingerprint density at radius 1 is 1.00 bits per heavy atom. The fraction of sp³-hybridized carbons (Fsp3) is 0.263. The normalized spacial score (nSPS) is 19.8. The maximum atomic E-state index is 14.7. The van der Waals surface area contributed by atoms with Crippen molar-refractivity contribution in [3.8, 4) is 0 Å². The fourth-order valence-corrected chi connectivity index (χ4v) is 3.32. The minimum absolute atomic E-state index is 0.151. The summed E-state index contributed by atoms with van der Waals surface area (Å²) >= 11 is 0. The molecule has 2 aliphatic heterocycles. The molecule has 0 spiro atoms. The topological polar surface area (TPSA) is 73.3 Å². The first-order valence-electron chi connectivity index (χ1n) is 8.61. The van der Waals surface area contributed by atoms with Gasteiger partial charge in [0.1, 0.15) is 11.9 Å². The van der Waals surface area contributed by atoms with E-state index in [0.29, 0.717) is 18.8 Å². The lowest BCUT2D eigenvalue weighted by Gasteiger charge is -2.20. The number of halogens is 1. The van der Waals surface area contributed by atoms with Crippen LogP contribution in [0.1, 0.15) is 0 Å². The molecular formula is C19H18FN3O4. The molecule has 2 aromatic carbocycles. The number of amides is 3. The van der Waals surface area contributed by atoms with Gasteiger partial charge in [-0.05, 0) is 30.3 Å². The second-order valence-corrected chi connectivity index (χ2v) is 6.36. The number of carbonyl (C=O) groups is 2. The number of carbonyl (C=O) groups excluding carboxylic acids is 2. The Hall–Kier alpha value is -3.13. The van der Waals surface area contributed by atoms with Crippen LogP contribution >= 0.6 is 0 Å². The van der Waals surface area contributed by atoms with Gasteiger partial charge in [-0.3, -0.25) is 14.7 Å². The molecule has 0 saturated carbocycles. The van der Waals surface area contributed by atoms with Gasteiger partial charge in [-0.1, -0.05) is 18.2 Å². The quantitative estimate of drug-likeness (QED) is 0.897. The number of anilines is 3. The summed E-state index contributed by atoms with van der Waals surface area (Å²) in [7, 11) is 0. The van der Waals surface area contributed by atoms with E-state index >= 15 is 0 Å². The zero-order chi connectivity index (χ0) is 19.0. The molecule has 7 nitrogen and oxygen atoms in total. The molecule has 1 atom stereocenters. The van der Waals surface area contributed by atoms with Crippen molar-refractivity contribution in [2.24, 2.45) is 0 Å². The van der Waals surface area contributed by atoms with Gasteiger partial charge in [0.25, 0.3) is 0 Å². The molecule has 2 aromatic rings. The van der Waals surface area contributed by atoms with Gasteiger partial charge < -0.3 is 9.84 Å². The van der Waals surface area contributed by atoms with Gasteiger partial charge in [0, 0.05) is 18.8 Å². The molecular weight excluding hydrogens is 353 g/mol. The van der Waals surface area contributed by atoms with Gasteiger partial charge in [-0.25, -0.2) is 14.0 Å². The summed E-state index contributed by atoms with van der Waals surface area (Å²) in [4.78, 5) is 28.8. The highest BCUT2D eigenvalue weighted by Crippen LogP contribution is 2.31. The lowest BCUT2D eigenvalue weighted by molar-refractivity contribution is 0.0963. The first-order chi connectivity index (χ1) is 13.1. The summed E-state index contributed by atoms with van der Waals surface area (Å²) in [6.07, 6.45) is -1.26. The van der Waals surface area contributed by atoms with Crippen LogP contribution in [0.4, 0.5) is 31.0 Å². The Morgan fingerprint density at radius 2 is 1.74 bits per heavy atom. The van der Waals surface area contributed by atoms with Crippen molar-refractivity contribution >= 4 is 29.2 Å². The molecule has 8 heteroatoms. The summed E-state index contributed by atoms with van der Waals surface area (Å²) < 4.78 is 19.7. The fourth-order valence-electron chi connectivity index (χ4n) is 3.32. The van der Waals surface area contributed by atoms with Gasteiger partial charge in [-0.2, -0.15) is 0 Å². The lowest BCUT2D eigenvalue weighted by Crippen LogP contribution is -2.32. The van der Waals surface area contributed by atoms with Gasteiger partial charge in [-0.15, -0.1) is 0 Å². The Kier molecular flexibility index (Phi) is 4.41. The minimum Gasteiger partial charge on any atom is -0.441 e.